The van der Waals surface area contributed by atoms with E-state index >= 15 is 0 Å². The van der Waals surface area contributed by atoms with Gasteiger partial charge in [-0.05, 0) is 43.6 Å². The summed E-state index contributed by atoms with van der Waals surface area (Å²) < 4.78 is 27.9. The summed E-state index contributed by atoms with van der Waals surface area (Å²) >= 11 is 0. The second-order valence-corrected chi connectivity index (χ2v) is 8.18. The van der Waals surface area contributed by atoms with E-state index in [9.17, 15) is 8.42 Å². The molecule has 3 rings (SSSR count). The summed E-state index contributed by atoms with van der Waals surface area (Å²) in [5.41, 5.74) is 1.15. The van der Waals surface area contributed by atoms with E-state index in [0.29, 0.717) is 6.54 Å². The summed E-state index contributed by atoms with van der Waals surface area (Å²) in [6, 6.07) is 13.4. The van der Waals surface area contributed by atoms with E-state index in [2.05, 4.69) is 26.7 Å². The number of benzene rings is 1. The molecule has 0 bridgehead atoms. The lowest BCUT2D eigenvalue weighted by atomic mass is 10.1. The highest BCUT2D eigenvalue weighted by Crippen LogP contribution is 2.24. The van der Waals surface area contributed by atoms with Crippen molar-refractivity contribution in [2.45, 2.75) is 36.6 Å². The first-order valence-electron chi connectivity index (χ1n) is 8.85. The minimum atomic E-state index is -3.55. The molecule has 1 fully saturated rings. The Morgan fingerprint density at radius 2 is 1.72 bits per heavy atom. The van der Waals surface area contributed by atoms with E-state index in [1.807, 2.05) is 18.2 Å². The largest absolute Gasteiger partial charge is 0.295 e. The van der Waals surface area contributed by atoms with Crippen LogP contribution in [0.2, 0.25) is 0 Å². The van der Waals surface area contributed by atoms with Crippen molar-refractivity contribution >= 4 is 10.0 Å². The van der Waals surface area contributed by atoms with Gasteiger partial charge >= 0.3 is 0 Å². The minimum absolute atomic E-state index is 0.0470. The molecule has 0 amide bonds. The molecule has 1 aliphatic heterocycles. The number of sulfonamides is 1. The van der Waals surface area contributed by atoms with E-state index in [4.69, 9.17) is 0 Å². The molecule has 6 heteroatoms. The lowest BCUT2D eigenvalue weighted by Crippen LogP contribution is -2.38. The van der Waals surface area contributed by atoms with Crippen LogP contribution in [-0.4, -0.2) is 37.9 Å². The lowest BCUT2D eigenvalue weighted by molar-refractivity contribution is 0.206. The van der Waals surface area contributed by atoms with E-state index in [1.54, 1.807) is 18.3 Å². The van der Waals surface area contributed by atoms with Crippen molar-refractivity contribution in [2.75, 3.05) is 19.6 Å². The molecular weight excluding hydrogens is 334 g/mol. The van der Waals surface area contributed by atoms with Gasteiger partial charge in [0.25, 0.3) is 0 Å². The van der Waals surface area contributed by atoms with Crippen LogP contribution in [0.5, 0.6) is 0 Å². The molecule has 1 aromatic heterocycles. The van der Waals surface area contributed by atoms with Gasteiger partial charge in [-0.3, -0.25) is 9.88 Å². The number of pyridine rings is 1. The number of hydrogen-bond donors (Lipinski definition) is 1. The third-order valence-corrected chi connectivity index (χ3v) is 6.09. The van der Waals surface area contributed by atoms with Crippen molar-refractivity contribution in [3.05, 3.63) is 60.4 Å². The molecule has 1 unspecified atom stereocenters. The van der Waals surface area contributed by atoms with Crippen LogP contribution < -0.4 is 4.72 Å². The maximum atomic E-state index is 12.5. The van der Waals surface area contributed by atoms with Gasteiger partial charge in [-0.2, -0.15) is 0 Å². The molecule has 0 radical (unpaired) electrons. The molecule has 1 aromatic carbocycles. The Balaban J connectivity index is 1.78. The molecule has 25 heavy (non-hydrogen) atoms. The fraction of sp³-hybridized carbons (Fsp3) is 0.421. The quantitative estimate of drug-likeness (QED) is 0.861. The number of hydrogen-bond acceptors (Lipinski definition) is 4. The fourth-order valence-electron chi connectivity index (χ4n) is 3.32. The van der Waals surface area contributed by atoms with Gasteiger partial charge in [-0.25, -0.2) is 13.1 Å². The second kappa shape index (κ2) is 8.56. The van der Waals surface area contributed by atoms with Gasteiger partial charge in [-0.15, -0.1) is 0 Å². The minimum Gasteiger partial charge on any atom is -0.295 e. The Morgan fingerprint density at radius 3 is 2.36 bits per heavy atom. The Labute approximate surface area is 150 Å². The molecular formula is C19H25N3O2S. The first-order valence-corrected chi connectivity index (χ1v) is 10.3. The van der Waals surface area contributed by atoms with Crippen molar-refractivity contribution < 1.29 is 8.42 Å². The molecule has 1 atom stereocenters. The normalized spacial score (nSPS) is 17.8. The van der Waals surface area contributed by atoms with Crippen molar-refractivity contribution in [3.63, 3.8) is 0 Å². The standard InChI is InChI=1S/C19H25N3O2S/c23-25(24,18-11-8-12-20-15-18)21-16-19(17-9-4-3-5-10-17)22-13-6-1-2-7-14-22/h3-5,8-12,15,19,21H,1-2,6-7,13-14,16H2. The van der Waals surface area contributed by atoms with E-state index in [0.717, 1.165) is 18.7 Å². The Morgan fingerprint density at radius 1 is 1.00 bits per heavy atom. The molecule has 0 saturated carbocycles. The average Bonchev–Trinajstić information content (AvgIpc) is 2.93. The fourth-order valence-corrected chi connectivity index (χ4v) is 4.32. The third-order valence-electron chi connectivity index (χ3n) is 4.68. The number of rotatable bonds is 6. The van der Waals surface area contributed by atoms with E-state index in [-0.39, 0.29) is 10.9 Å². The van der Waals surface area contributed by atoms with Gasteiger partial charge in [0, 0.05) is 25.0 Å². The molecule has 1 N–H and O–H groups in total. The van der Waals surface area contributed by atoms with Crippen molar-refractivity contribution in [1.29, 1.82) is 0 Å². The van der Waals surface area contributed by atoms with Crippen molar-refractivity contribution in [3.8, 4) is 0 Å². The zero-order chi connectivity index (χ0) is 17.5. The van der Waals surface area contributed by atoms with Crippen LogP contribution in [0.3, 0.4) is 0 Å². The summed E-state index contributed by atoms with van der Waals surface area (Å²) in [5, 5.41) is 0. The van der Waals surface area contributed by atoms with Gasteiger partial charge < -0.3 is 0 Å². The van der Waals surface area contributed by atoms with Gasteiger partial charge in [0.15, 0.2) is 0 Å². The van der Waals surface area contributed by atoms with Crippen LogP contribution >= 0.6 is 0 Å². The van der Waals surface area contributed by atoms with E-state index < -0.39 is 10.0 Å². The summed E-state index contributed by atoms with van der Waals surface area (Å²) in [5.74, 6) is 0. The maximum absolute atomic E-state index is 12.5. The van der Waals surface area contributed by atoms with Crippen LogP contribution in [0.15, 0.2) is 59.8 Å². The smallest absolute Gasteiger partial charge is 0.242 e. The van der Waals surface area contributed by atoms with Crippen LogP contribution in [0.25, 0.3) is 0 Å². The monoisotopic (exact) mass is 359 g/mol. The SMILES string of the molecule is O=S(=O)(NCC(c1ccccc1)N1CCCCCC1)c1cccnc1. The summed E-state index contributed by atoms with van der Waals surface area (Å²) in [7, 11) is -3.55. The number of nitrogens with zero attached hydrogens (tertiary/aromatic N) is 2. The third kappa shape index (κ3) is 4.87. The predicted octanol–water partition coefficient (Wildman–Crippen LogP) is 2.98. The second-order valence-electron chi connectivity index (χ2n) is 6.42. The molecule has 5 nitrogen and oxygen atoms in total. The molecule has 2 aromatic rings. The predicted molar refractivity (Wildman–Crippen MR) is 98.6 cm³/mol. The molecule has 0 aliphatic carbocycles. The Hall–Kier alpha value is -1.76. The molecule has 0 spiro atoms. The highest BCUT2D eigenvalue weighted by Gasteiger charge is 2.24. The van der Waals surface area contributed by atoms with Gasteiger partial charge in [-0.1, -0.05) is 43.2 Å². The molecule has 134 valence electrons. The first kappa shape index (κ1) is 18.0. The first-order chi connectivity index (χ1) is 12.2. The summed E-state index contributed by atoms with van der Waals surface area (Å²) in [6.45, 7) is 2.38. The number of likely N-dealkylation sites (tertiary alicyclic amines) is 1. The number of nitrogens with one attached hydrogen (secondary N) is 1. The zero-order valence-corrected chi connectivity index (χ0v) is 15.2. The molecule has 1 saturated heterocycles. The van der Waals surface area contributed by atoms with Crippen LogP contribution in [0, 0.1) is 0 Å². The number of aromatic nitrogens is 1. The van der Waals surface area contributed by atoms with Gasteiger partial charge in [0.05, 0.1) is 0 Å². The molecule has 2 heterocycles. The summed E-state index contributed by atoms with van der Waals surface area (Å²) in [4.78, 5) is 6.53. The Bertz CT molecular complexity index is 743. The summed E-state index contributed by atoms with van der Waals surface area (Å²) in [6.07, 6.45) is 7.78. The van der Waals surface area contributed by atoms with E-state index in [1.165, 1.54) is 31.9 Å². The van der Waals surface area contributed by atoms with Crippen LogP contribution in [0.1, 0.15) is 37.3 Å². The zero-order valence-electron chi connectivity index (χ0n) is 14.3. The van der Waals surface area contributed by atoms with Gasteiger partial charge in [0.2, 0.25) is 10.0 Å². The molecule has 1 aliphatic rings. The van der Waals surface area contributed by atoms with Crippen LogP contribution in [0.4, 0.5) is 0 Å². The highest BCUT2D eigenvalue weighted by atomic mass is 32.2. The van der Waals surface area contributed by atoms with Gasteiger partial charge in [0.1, 0.15) is 4.90 Å². The van der Waals surface area contributed by atoms with Crippen molar-refractivity contribution in [2.24, 2.45) is 0 Å². The average molecular weight is 359 g/mol. The maximum Gasteiger partial charge on any atom is 0.242 e. The lowest BCUT2D eigenvalue weighted by Gasteiger charge is -2.31. The highest BCUT2D eigenvalue weighted by molar-refractivity contribution is 7.89. The topological polar surface area (TPSA) is 62.3 Å². The Kier molecular flexibility index (Phi) is 6.18. The van der Waals surface area contributed by atoms with Crippen molar-refractivity contribution in [1.82, 2.24) is 14.6 Å². The van der Waals surface area contributed by atoms with Crippen LogP contribution in [-0.2, 0) is 10.0 Å².